The predicted molar refractivity (Wildman–Crippen MR) is 83.6 cm³/mol. The van der Waals surface area contributed by atoms with Crippen LogP contribution in [0.5, 0.6) is 0 Å². The number of carbonyl (C=O) groups excluding carboxylic acids is 1. The third-order valence-corrected chi connectivity index (χ3v) is 4.87. The standard InChI is InChI=1S/C14H17ClN2O3S/c1-9(10-4-3-5-11(15)6-10)16(2)14(20)17-8-21-7-12(17)13(18)19/h3-6,9,12H,7-8H2,1-2H3,(H,18,19). The van der Waals surface area contributed by atoms with Crippen LogP contribution in [-0.4, -0.2) is 51.6 Å². The van der Waals surface area contributed by atoms with Gasteiger partial charge >= 0.3 is 12.0 Å². The van der Waals surface area contributed by atoms with Crippen LogP contribution in [-0.2, 0) is 4.79 Å². The minimum Gasteiger partial charge on any atom is -0.480 e. The summed E-state index contributed by atoms with van der Waals surface area (Å²) < 4.78 is 0. The molecule has 1 aliphatic heterocycles. The van der Waals surface area contributed by atoms with Crippen molar-refractivity contribution in [2.24, 2.45) is 0 Å². The zero-order valence-corrected chi connectivity index (χ0v) is 13.4. The normalized spacial score (nSPS) is 19.4. The topological polar surface area (TPSA) is 60.9 Å². The molecule has 1 aromatic carbocycles. The molecule has 1 aliphatic rings. The molecular weight excluding hydrogens is 312 g/mol. The molecule has 0 radical (unpaired) electrons. The number of rotatable bonds is 3. The molecule has 1 saturated heterocycles. The second kappa shape index (κ2) is 6.58. The van der Waals surface area contributed by atoms with Crippen molar-refractivity contribution in [1.82, 2.24) is 9.80 Å². The summed E-state index contributed by atoms with van der Waals surface area (Å²) in [6.45, 7) is 1.89. The van der Waals surface area contributed by atoms with Crippen molar-refractivity contribution in [3.05, 3.63) is 34.9 Å². The molecule has 0 saturated carbocycles. The number of hydrogen-bond donors (Lipinski definition) is 1. The molecule has 2 rings (SSSR count). The lowest BCUT2D eigenvalue weighted by atomic mass is 10.1. The molecule has 5 nitrogen and oxygen atoms in total. The number of amides is 2. The van der Waals surface area contributed by atoms with Crippen molar-refractivity contribution >= 4 is 35.4 Å². The highest BCUT2D eigenvalue weighted by atomic mass is 35.5. The molecule has 1 fully saturated rings. The highest BCUT2D eigenvalue weighted by molar-refractivity contribution is 7.99. The summed E-state index contributed by atoms with van der Waals surface area (Å²) in [4.78, 5) is 26.6. The van der Waals surface area contributed by atoms with Crippen LogP contribution in [0.15, 0.2) is 24.3 Å². The molecule has 2 unspecified atom stereocenters. The second-order valence-corrected chi connectivity index (χ2v) is 6.38. The van der Waals surface area contributed by atoms with E-state index in [1.807, 2.05) is 25.1 Å². The number of carbonyl (C=O) groups is 2. The van der Waals surface area contributed by atoms with Gasteiger partial charge in [-0.3, -0.25) is 0 Å². The van der Waals surface area contributed by atoms with Crippen LogP contribution in [0, 0.1) is 0 Å². The lowest BCUT2D eigenvalue weighted by Gasteiger charge is -2.31. The molecule has 1 aromatic rings. The van der Waals surface area contributed by atoms with Crippen molar-refractivity contribution in [2.45, 2.75) is 19.0 Å². The molecule has 21 heavy (non-hydrogen) atoms. The Kier molecular flexibility index (Phi) is 5.00. The molecule has 0 aromatic heterocycles. The average molecular weight is 329 g/mol. The third kappa shape index (κ3) is 3.44. The summed E-state index contributed by atoms with van der Waals surface area (Å²) in [5, 5.41) is 9.77. The van der Waals surface area contributed by atoms with Gasteiger partial charge in [0.2, 0.25) is 0 Å². The largest absolute Gasteiger partial charge is 0.480 e. The number of carboxylic acids is 1. The SMILES string of the molecule is CC(c1cccc(Cl)c1)N(C)C(=O)N1CSCC1C(=O)O. The van der Waals surface area contributed by atoms with E-state index in [9.17, 15) is 9.59 Å². The average Bonchev–Trinajstić information content (AvgIpc) is 2.94. The Bertz CT molecular complexity index is 555. The lowest BCUT2D eigenvalue weighted by Crippen LogP contribution is -2.48. The van der Waals surface area contributed by atoms with Crippen LogP contribution < -0.4 is 0 Å². The molecule has 1 N–H and O–H groups in total. The molecule has 7 heteroatoms. The number of thioether (sulfide) groups is 1. The van der Waals surface area contributed by atoms with Crippen LogP contribution in [0.1, 0.15) is 18.5 Å². The monoisotopic (exact) mass is 328 g/mol. The predicted octanol–water partition coefficient (Wildman–Crippen LogP) is 2.91. The van der Waals surface area contributed by atoms with Crippen LogP contribution in [0.2, 0.25) is 5.02 Å². The number of urea groups is 1. The molecular formula is C14H17ClN2O3S. The van der Waals surface area contributed by atoms with Gasteiger partial charge in [0.15, 0.2) is 0 Å². The molecule has 0 spiro atoms. The van der Waals surface area contributed by atoms with Crippen LogP contribution in [0.4, 0.5) is 4.79 Å². The second-order valence-electron chi connectivity index (χ2n) is 4.95. The first-order chi connectivity index (χ1) is 9.91. The fourth-order valence-electron chi connectivity index (χ4n) is 2.19. The number of halogens is 1. The Labute approximate surface area is 132 Å². The van der Waals surface area contributed by atoms with E-state index in [4.69, 9.17) is 16.7 Å². The van der Waals surface area contributed by atoms with Crippen molar-refractivity contribution in [3.63, 3.8) is 0 Å². The van der Waals surface area contributed by atoms with Crippen molar-refractivity contribution < 1.29 is 14.7 Å². The number of benzene rings is 1. The molecule has 1 heterocycles. The maximum Gasteiger partial charge on any atom is 0.327 e. The van der Waals surface area contributed by atoms with Gasteiger partial charge in [-0.15, -0.1) is 11.8 Å². The summed E-state index contributed by atoms with van der Waals surface area (Å²) in [6.07, 6.45) is 0. The Morgan fingerprint density at radius 2 is 2.24 bits per heavy atom. The Balaban J connectivity index is 2.13. The van der Waals surface area contributed by atoms with Gasteiger partial charge in [0.25, 0.3) is 0 Å². The number of aliphatic carboxylic acids is 1. The quantitative estimate of drug-likeness (QED) is 0.926. The Hall–Kier alpha value is -1.40. The highest BCUT2D eigenvalue weighted by Gasteiger charge is 2.37. The van der Waals surface area contributed by atoms with E-state index in [0.717, 1.165) is 5.56 Å². The molecule has 0 bridgehead atoms. The van der Waals surface area contributed by atoms with Gasteiger partial charge in [-0.2, -0.15) is 0 Å². The number of carboxylic acid groups (broad SMARTS) is 1. The van der Waals surface area contributed by atoms with Gasteiger partial charge in [0.1, 0.15) is 6.04 Å². The molecule has 2 amide bonds. The van der Waals surface area contributed by atoms with Crippen molar-refractivity contribution in [1.29, 1.82) is 0 Å². The van der Waals surface area contributed by atoms with Crippen LogP contribution >= 0.6 is 23.4 Å². The Morgan fingerprint density at radius 3 is 2.86 bits per heavy atom. The van der Waals surface area contributed by atoms with Crippen molar-refractivity contribution in [3.8, 4) is 0 Å². The smallest absolute Gasteiger partial charge is 0.327 e. The zero-order valence-electron chi connectivity index (χ0n) is 11.8. The summed E-state index contributed by atoms with van der Waals surface area (Å²) in [7, 11) is 1.68. The van der Waals surface area contributed by atoms with Gasteiger partial charge in [-0.1, -0.05) is 23.7 Å². The van der Waals surface area contributed by atoms with Crippen LogP contribution in [0.25, 0.3) is 0 Å². The van der Waals surface area contributed by atoms with E-state index < -0.39 is 12.0 Å². The van der Waals surface area contributed by atoms with E-state index in [0.29, 0.717) is 16.7 Å². The Morgan fingerprint density at radius 1 is 1.52 bits per heavy atom. The fraction of sp³-hybridized carbons (Fsp3) is 0.429. The minimum absolute atomic E-state index is 0.184. The summed E-state index contributed by atoms with van der Waals surface area (Å²) in [6, 6.07) is 6.10. The third-order valence-electron chi connectivity index (χ3n) is 3.63. The van der Waals surface area contributed by atoms with Gasteiger partial charge < -0.3 is 14.9 Å². The first-order valence-corrected chi connectivity index (χ1v) is 8.04. The first-order valence-electron chi connectivity index (χ1n) is 6.51. The zero-order chi connectivity index (χ0) is 15.6. The lowest BCUT2D eigenvalue weighted by molar-refractivity contribution is -0.140. The maximum atomic E-state index is 12.5. The van der Waals surface area contributed by atoms with E-state index >= 15 is 0 Å². The van der Waals surface area contributed by atoms with Gasteiger partial charge in [0.05, 0.1) is 11.9 Å². The van der Waals surface area contributed by atoms with E-state index in [1.54, 1.807) is 18.0 Å². The maximum absolute atomic E-state index is 12.5. The summed E-state index contributed by atoms with van der Waals surface area (Å²) in [5.74, 6) is -0.125. The summed E-state index contributed by atoms with van der Waals surface area (Å²) in [5.41, 5.74) is 0.914. The van der Waals surface area contributed by atoms with Gasteiger partial charge in [-0.25, -0.2) is 9.59 Å². The van der Waals surface area contributed by atoms with E-state index in [-0.39, 0.29) is 12.1 Å². The molecule has 114 valence electrons. The van der Waals surface area contributed by atoms with Crippen LogP contribution in [0.3, 0.4) is 0 Å². The molecule has 2 atom stereocenters. The van der Waals surface area contributed by atoms with Crippen molar-refractivity contribution in [2.75, 3.05) is 18.7 Å². The summed E-state index contributed by atoms with van der Waals surface area (Å²) >= 11 is 7.42. The molecule has 0 aliphatic carbocycles. The van der Waals surface area contributed by atoms with E-state index in [1.165, 1.54) is 16.7 Å². The number of hydrogen-bond acceptors (Lipinski definition) is 3. The minimum atomic E-state index is -0.961. The number of nitrogens with zero attached hydrogens (tertiary/aromatic N) is 2. The fourth-order valence-corrected chi connectivity index (χ4v) is 3.53. The van der Waals surface area contributed by atoms with Gasteiger partial charge in [-0.05, 0) is 24.6 Å². The van der Waals surface area contributed by atoms with E-state index in [2.05, 4.69) is 0 Å². The first kappa shape index (κ1) is 16.0. The highest BCUT2D eigenvalue weighted by Crippen LogP contribution is 2.27. The van der Waals surface area contributed by atoms with Gasteiger partial charge in [0, 0.05) is 17.8 Å².